The molecule has 2 aromatic carbocycles. The maximum atomic E-state index is 12.4. The highest BCUT2D eigenvalue weighted by molar-refractivity contribution is 6.35. The van der Waals surface area contributed by atoms with Gasteiger partial charge in [-0.25, -0.2) is 0 Å². The Hall–Kier alpha value is -2.21. The van der Waals surface area contributed by atoms with Crippen molar-refractivity contribution in [2.75, 3.05) is 25.6 Å². The van der Waals surface area contributed by atoms with Crippen LogP contribution < -0.4 is 10.6 Å². The van der Waals surface area contributed by atoms with Crippen molar-refractivity contribution in [2.45, 2.75) is 18.4 Å². The number of fused-ring (bicyclic) bond motifs is 3. The van der Waals surface area contributed by atoms with Crippen molar-refractivity contribution < 1.29 is 14.6 Å². The molecule has 0 spiro atoms. The predicted molar refractivity (Wildman–Crippen MR) is 115 cm³/mol. The summed E-state index contributed by atoms with van der Waals surface area (Å²) in [4.78, 5) is 12.4. The molecule has 29 heavy (non-hydrogen) atoms. The van der Waals surface area contributed by atoms with Gasteiger partial charge in [-0.05, 0) is 48.2 Å². The van der Waals surface area contributed by atoms with E-state index in [0.717, 1.165) is 17.7 Å². The molecule has 3 atom stereocenters. The van der Waals surface area contributed by atoms with Crippen molar-refractivity contribution >= 4 is 34.8 Å². The third-order valence-electron chi connectivity index (χ3n) is 5.61. The number of amides is 1. The molecular formula is C22H22Cl2N2O3. The SMILES string of the molecule is COCCNC(=O)c1ccc2c(c1)C1C=CCC1C(c1cc(Cl)cc(Cl)c1O)N2. The molecule has 2 aromatic rings. The lowest BCUT2D eigenvalue weighted by atomic mass is 9.76. The molecule has 3 N–H and O–H groups in total. The van der Waals surface area contributed by atoms with Crippen molar-refractivity contribution in [1.82, 2.24) is 5.32 Å². The summed E-state index contributed by atoms with van der Waals surface area (Å²) in [6.07, 6.45) is 5.18. The Labute approximate surface area is 179 Å². The van der Waals surface area contributed by atoms with Crippen LogP contribution in [0, 0.1) is 5.92 Å². The van der Waals surface area contributed by atoms with E-state index in [2.05, 4.69) is 22.8 Å². The van der Waals surface area contributed by atoms with Crippen LogP contribution in [0.1, 0.15) is 39.9 Å². The van der Waals surface area contributed by atoms with Crippen LogP contribution in [0.5, 0.6) is 5.75 Å². The van der Waals surface area contributed by atoms with E-state index in [1.54, 1.807) is 19.2 Å². The Morgan fingerprint density at radius 3 is 2.90 bits per heavy atom. The molecule has 0 saturated heterocycles. The molecule has 0 aromatic heterocycles. The second kappa shape index (κ2) is 8.27. The van der Waals surface area contributed by atoms with Crippen LogP contribution in [0.25, 0.3) is 0 Å². The topological polar surface area (TPSA) is 70.6 Å². The van der Waals surface area contributed by atoms with Crippen LogP contribution >= 0.6 is 23.2 Å². The van der Waals surface area contributed by atoms with Crippen molar-refractivity contribution in [1.29, 1.82) is 0 Å². The predicted octanol–water partition coefficient (Wildman–Crippen LogP) is 4.90. The lowest BCUT2D eigenvalue weighted by molar-refractivity contribution is 0.0937. The molecule has 5 nitrogen and oxygen atoms in total. The van der Waals surface area contributed by atoms with E-state index in [1.807, 2.05) is 12.1 Å². The number of nitrogens with one attached hydrogen (secondary N) is 2. The van der Waals surface area contributed by atoms with Crippen molar-refractivity contribution in [2.24, 2.45) is 5.92 Å². The molecule has 2 aliphatic rings. The molecule has 0 bridgehead atoms. The summed E-state index contributed by atoms with van der Waals surface area (Å²) in [5, 5.41) is 17.7. The minimum atomic E-state index is -0.139. The minimum absolute atomic E-state index is 0.0526. The molecule has 4 rings (SSSR count). The molecule has 0 saturated carbocycles. The molecule has 1 aliphatic carbocycles. The molecule has 3 unspecified atom stereocenters. The van der Waals surface area contributed by atoms with Gasteiger partial charge in [-0.3, -0.25) is 4.79 Å². The fourth-order valence-corrected chi connectivity index (χ4v) is 4.74. The van der Waals surface area contributed by atoms with E-state index in [1.165, 1.54) is 6.07 Å². The van der Waals surface area contributed by atoms with Crippen molar-refractivity contribution in [3.05, 3.63) is 69.2 Å². The van der Waals surface area contributed by atoms with Crippen LogP contribution in [0.4, 0.5) is 5.69 Å². The summed E-state index contributed by atoms with van der Waals surface area (Å²) >= 11 is 12.4. The Bertz CT molecular complexity index is 977. The van der Waals surface area contributed by atoms with Gasteiger partial charge in [0.15, 0.2) is 0 Å². The van der Waals surface area contributed by atoms with Gasteiger partial charge in [0.2, 0.25) is 0 Å². The first-order chi connectivity index (χ1) is 14.0. The molecule has 1 aliphatic heterocycles. The number of phenols is 1. The number of allylic oxidation sites excluding steroid dienone is 2. The zero-order chi connectivity index (χ0) is 20.5. The number of methoxy groups -OCH3 is 1. The molecule has 1 amide bonds. The molecule has 7 heteroatoms. The highest BCUT2D eigenvalue weighted by Gasteiger charge is 2.39. The van der Waals surface area contributed by atoms with Gasteiger partial charge in [0.25, 0.3) is 5.91 Å². The van der Waals surface area contributed by atoms with Crippen LogP contribution in [0.2, 0.25) is 10.0 Å². The highest BCUT2D eigenvalue weighted by atomic mass is 35.5. The molecule has 0 fully saturated rings. The zero-order valence-corrected chi connectivity index (χ0v) is 17.4. The Morgan fingerprint density at radius 1 is 1.28 bits per heavy atom. The Morgan fingerprint density at radius 2 is 2.10 bits per heavy atom. The van der Waals surface area contributed by atoms with Gasteiger partial charge in [-0.15, -0.1) is 0 Å². The largest absolute Gasteiger partial charge is 0.506 e. The molecular weight excluding hydrogens is 411 g/mol. The minimum Gasteiger partial charge on any atom is -0.506 e. The molecule has 152 valence electrons. The van der Waals surface area contributed by atoms with Gasteiger partial charge in [0.05, 0.1) is 17.7 Å². The maximum Gasteiger partial charge on any atom is 0.251 e. The van der Waals surface area contributed by atoms with Gasteiger partial charge >= 0.3 is 0 Å². The van der Waals surface area contributed by atoms with Crippen molar-refractivity contribution in [3.8, 4) is 5.75 Å². The summed E-state index contributed by atoms with van der Waals surface area (Å²) in [6.45, 7) is 0.937. The smallest absolute Gasteiger partial charge is 0.251 e. The van der Waals surface area contributed by atoms with Gasteiger partial charge < -0.3 is 20.5 Å². The number of phenolic OH excluding ortho intramolecular Hbond substituents is 1. The summed E-state index contributed by atoms with van der Waals surface area (Å²) in [6, 6.07) is 8.82. The zero-order valence-electron chi connectivity index (χ0n) is 15.9. The van der Waals surface area contributed by atoms with E-state index in [9.17, 15) is 9.90 Å². The number of ether oxygens (including phenoxy) is 1. The number of hydrogen-bond donors (Lipinski definition) is 3. The second-order valence-corrected chi connectivity index (χ2v) is 8.20. The summed E-state index contributed by atoms with van der Waals surface area (Å²) in [5.74, 6) is 0.261. The standard InChI is InChI=1S/C22H22Cl2N2O3/c1-29-8-7-25-22(28)12-5-6-19-16(9-12)14-3-2-4-15(14)20(26-19)17-10-13(23)11-18(24)21(17)27/h2-3,5-6,9-11,14-15,20,26-27H,4,7-8H2,1H3,(H,25,28). The first-order valence-electron chi connectivity index (χ1n) is 9.51. The van der Waals surface area contributed by atoms with Crippen LogP contribution in [0.15, 0.2) is 42.5 Å². The van der Waals surface area contributed by atoms with Crippen molar-refractivity contribution in [3.63, 3.8) is 0 Å². The summed E-state index contributed by atoms with van der Waals surface area (Å²) in [7, 11) is 1.60. The quantitative estimate of drug-likeness (QED) is 0.463. The third-order valence-corrected chi connectivity index (χ3v) is 6.12. The van der Waals surface area contributed by atoms with Crippen LogP contribution in [-0.2, 0) is 4.74 Å². The van der Waals surface area contributed by atoms with Crippen LogP contribution in [-0.4, -0.2) is 31.3 Å². The first kappa shape index (κ1) is 20.1. The fourth-order valence-electron chi connectivity index (χ4n) is 4.24. The number of aromatic hydroxyl groups is 1. The molecule has 1 heterocycles. The monoisotopic (exact) mass is 432 g/mol. The fraction of sp³-hybridized carbons (Fsp3) is 0.318. The number of benzene rings is 2. The van der Waals surface area contributed by atoms with E-state index in [4.69, 9.17) is 27.9 Å². The third kappa shape index (κ3) is 3.82. The maximum absolute atomic E-state index is 12.4. The number of carbonyl (C=O) groups excluding carboxylic acids is 1. The average Bonchev–Trinajstić information content (AvgIpc) is 3.20. The highest BCUT2D eigenvalue weighted by Crippen LogP contribution is 2.52. The number of halogens is 2. The van der Waals surface area contributed by atoms with Gasteiger partial charge in [-0.1, -0.05) is 35.4 Å². The number of carbonyl (C=O) groups is 1. The van der Waals surface area contributed by atoms with E-state index >= 15 is 0 Å². The van der Waals surface area contributed by atoms with E-state index < -0.39 is 0 Å². The molecule has 0 radical (unpaired) electrons. The summed E-state index contributed by atoms with van der Waals surface area (Å²) in [5.41, 5.74) is 3.32. The number of hydrogen-bond acceptors (Lipinski definition) is 4. The number of anilines is 1. The van der Waals surface area contributed by atoms with Gasteiger partial charge in [-0.2, -0.15) is 0 Å². The normalized spacial score (nSPS) is 22.0. The van der Waals surface area contributed by atoms with E-state index in [-0.39, 0.29) is 34.6 Å². The average molecular weight is 433 g/mol. The van der Waals surface area contributed by atoms with Crippen LogP contribution in [0.3, 0.4) is 0 Å². The Balaban J connectivity index is 1.67. The van der Waals surface area contributed by atoms with Gasteiger partial charge in [0, 0.05) is 41.4 Å². The Kier molecular flexibility index (Phi) is 5.72. The number of rotatable bonds is 5. The van der Waals surface area contributed by atoms with Gasteiger partial charge in [0.1, 0.15) is 5.75 Å². The summed E-state index contributed by atoms with van der Waals surface area (Å²) < 4.78 is 4.98. The lowest BCUT2D eigenvalue weighted by Crippen LogP contribution is -2.30. The second-order valence-electron chi connectivity index (χ2n) is 7.35. The lowest BCUT2D eigenvalue weighted by Gasteiger charge is -2.38. The first-order valence-corrected chi connectivity index (χ1v) is 10.3. The van der Waals surface area contributed by atoms with E-state index in [0.29, 0.717) is 29.3 Å².